The van der Waals surface area contributed by atoms with E-state index in [0.717, 1.165) is 16.6 Å². The molecule has 0 aliphatic heterocycles. The molecule has 0 bridgehead atoms. The van der Waals surface area contributed by atoms with Gasteiger partial charge in [0.15, 0.2) is 0 Å². The van der Waals surface area contributed by atoms with Crippen LogP contribution in [0.15, 0.2) is 58.4 Å². The van der Waals surface area contributed by atoms with Crippen LogP contribution in [0.5, 0.6) is 0 Å². The van der Waals surface area contributed by atoms with Gasteiger partial charge in [0.1, 0.15) is 6.54 Å². The fourth-order valence-electron chi connectivity index (χ4n) is 3.33. The standard InChI is InChI=1S/C22H31N3O4S/c1-5-25(6-2)30(28,29)19-12-13-22(27)24(15-19)16-21(26)23-20(14-17(3)4)18-10-8-7-9-11-18/h7-13,15,17,20H,5-6,14,16H2,1-4H3,(H,23,26). The van der Waals surface area contributed by atoms with Crippen molar-refractivity contribution in [3.05, 3.63) is 64.6 Å². The topological polar surface area (TPSA) is 88.5 Å². The van der Waals surface area contributed by atoms with Gasteiger partial charge in [-0.1, -0.05) is 58.0 Å². The summed E-state index contributed by atoms with van der Waals surface area (Å²) in [6, 6.07) is 12.0. The number of carbonyl (C=O) groups is 1. The summed E-state index contributed by atoms with van der Waals surface area (Å²) in [5.74, 6) is 0.0183. The Labute approximate surface area is 178 Å². The molecule has 8 heteroatoms. The molecule has 7 nitrogen and oxygen atoms in total. The Morgan fingerprint density at radius 3 is 2.27 bits per heavy atom. The predicted octanol–water partition coefficient (Wildman–Crippen LogP) is 2.78. The summed E-state index contributed by atoms with van der Waals surface area (Å²) in [5, 5.41) is 2.99. The average molecular weight is 434 g/mol. The van der Waals surface area contributed by atoms with Crippen molar-refractivity contribution in [2.45, 2.75) is 51.6 Å². The van der Waals surface area contributed by atoms with Crippen LogP contribution in [0.1, 0.15) is 45.7 Å². The molecule has 30 heavy (non-hydrogen) atoms. The van der Waals surface area contributed by atoms with E-state index in [1.165, 1.54) is 22.6 Å². The zero-order valence-corrected chi connectivity index (χ0v) is 18.9. The van der Waals surface area contributed by atoms with Crippen molar-refractivity contribution in [3.63, 3.8) is 0 Å². The minimum Gasteiger partial charge on any atom is -0.348 e. The molecule has 0 aliphatic carbocycles. The quantitative estimate of drug-likeness (QED) is 0.624. The molecule has 0 radical (unpaired) electrons. The van der Waals surface area contributed by atoms with Crippen LogP contribution in [0, 0.1) is 5.92 Å². The highest BCUT2D eigenvalue weighted by molar-refractivity contribution is 7.89. The third-order valence-corrected chi connectivity index (χ3v) is 6.89. The molecule has 2 rings (SSSR count). The highest BCUT2D eigenvalue weighted by atomic mass is 32.2. The van der Waals surface area contributed by atoms with Crippen LogP contribution >= 0.6 is 0 Å². The number of aromatic nitrogens is 1. The van der Waals surface area contributed by atoms with E-state index in [4.69, 9.17) is 0 Å². The van der Waals surface area contributed by atoms with Crippen molar-refractivity contribution in [2.24, 2.45) is 5.92 Å². The SMILES string of the molecule is CCN(CC)S(=O)(=O)c1ccc(=O)n(CC(=O)NC(CC(C)C)c2ccccc2)c1. The zero-order chi connectivity index (χ0) is 22.3. The predicted molar refractivity (Wildman–Crippen MR) is 118 cm³/mol. The lowest BCUT2D eigenvalue weighted by atomic mass is 9.97. The molecule has 0 fully saturated rings. The van der Waals surface area contributed by atoms with E-state index in [1.807, 2.05) is 30.3 Å². The van der Waals surface area contributed by atoms with Crippen molar-refractivity contribution in [1.29, 1.82) is 0 Å². The van der Waals surface area contributed by atoms with Gasteiger partial charge in [0, 0.05) is 25.4 Å². The van der Waals surface area contributed by atoms with Crippen LogP contribution in [0.25, 0.3) is 0 Å². The first-order chi connectivity index (χ1) is 14.2. The molecule has 164 valence electrons. The molecule has 0 saturated carbocycles. The Balaban J connectivity index is 2.24. The maximum Gasteiger partial charge on any atom is 0.251 e. The minimum atomic E-state index is -3.72. The van der Waals surface area contributed by atoms with E-state index < -0.39 is 15.6 Å². The Morgan fingerprint density at radius 1 is 1.07 bits per heavy atom. The van der Waals surface area contributed by atoms with Crippen LogP contribution in [0.4, 0.5) is 0 Å². The van der Waals surface area contributed by atoms with Gasteiger partial charge < -0.3 is 9.88 Å². The number of carbonyl (C=O) groups excluding carboxylic acids is 1. The monoisotopic (exact) mass is 433 g/mol. The number of nitrogens with zero attached hydrogens (tertiary/aromatic N) is 2. The molecule has 0 spiro atoms. The zero-order valence-electron chi connectivity index (χ0n) is 18.0. The second-order valence-corrected chi connectivity index (χ2v) is 9.52. The van der Waals surface area contributed by atoms with Crippen molar-refractivity contribution < 1.29 is 13.2 Å². The summed E-state index contributed by atoms with van der Waals surface area (Å²) in [4.78, 5) is 25.0. The first-order valence-corrected chi connectivity index (χ1v) is 11.7. The summed E-state index contributed by atoms with van der Waals surface area (Å²) in [6.07, 6.45) is 2.00. The first-order valence-electron chi connectivity index (χ1n) is 10.2. The number of hydrogen-bond donors (Lipinski definition) is 1. The van der Waals surface area contributed by atoms with E-state index in [9.17, 15) is 18.0 Å². The van der Waals surface area contributed by atoms with Crippen LogP contribution < -0.4 is 10.9 Å². The highest BCUT2D eigenvalue weighted by Gasteiger charge is 2.23. The number of rotatable bonds is 10. The van der Waals surface area contributed by atoms with Crippen LogP contribution in [-0.4, -0.2) is 36.3 Å². The summed E-state index contributed by atoms with van der Waals surface area (Å²) in [7, 11) is -3.72. The van der Waals surface area contributed by atoms with Gasteiger partial charge >= 0.3 is 0 Å². The Bertz CT molecular complexity index is 997. The molecule has 1 aromatic heterocycles. The molecule has 1 aromatic carbocycles. The van der Waals surface area contributed by atoms with Gasteiger partial charge in [0.25, 0.3) is 5.56 Å². The number of nitrogens with one attached hydrogen (secondary N) is 1. The lowest BCUT2D eigenvalue weighted by molar-refractivity contribution is -0.122. The van der Waals surface area contributed by atoms with Gasteiger partial charge in [-0.2, -0.15) is 4.31 Å². The molecule has 1 N–H and O–H groups in total. The lowest BCUT2D eigenvalue weighted by Gasteiger charge is -2.22. The Hall–Kier alpha value is -2.45. The maximum absolute atomic E-state index is 12.7. The number of benzene rings is 1. The van der Waals surface area contributed by atoms with Gasteiger partial charge in [-0.15, -0.1) is 0 Å². The molecule has 1 amide bonds. The molecule has 1 atom stereocenters. The van der Waals surface area contributed by atoms with Gasteiger partial charge in [-0.3, -0.25) is 9.59 Å². The van der Waals surface area contributed by atoms with Crippen molar-refractivity contribution in [3.8, 4) is 0 Å². The summed E-state index contributed by atoms with van der Waals surface area (Å²) < 4.78 is 27.9. The van der Waals surface area contributed by atoms with Gasteiger partial charge in [0.05, 0.1) is 10.9 Å². The second kappa shape index (κ2) is 10.5. The van der Waals surface area contributed by atoms with E-state index >= 15 is 0 Å². The third kappa shape index (κ3) is 6.03. The van der Waals surface area contributed by atoms with Crippen LogP contribution in [0.2, 0.25) is 0 Å². The van der Waals surface area contributed by atoms with Crippen molar-refractivity contribution in [2.75, 3.05) is 13.1 Å². The Kier molecular flexibility index (Phi) is 8.37. The van der Waals surface area contributed by atoms with Gasteiger partial charge in [-0.05, 0) is 24.0 Å². The Morgan fingerprint density at radius 2 is 1.70 bits per heavy atom. The third-order valence-electron chi connectivity index (χ3n) is 4.86. The number of sulfonamides is 1. The van der Waals surface area contributed by atoms with Crippen molar-refractivity contribution in [1.82, 2.24) is 14.2 Å². The fraction of sp³-hybridized carbons (Fsp3) is 0.455. The van der Waals surface area contributed by atoms with Crippen LogP contribution in [0.3, 0.4) is 0 Å². The fourth-order valence-corrected chi connectivity index (χ4v) is 4.81. The maximum atomic E-state index is 12.7. The molecular formula is C22H31N3O4S. The number of hydrogen-bond acceptors (Lipinski definition) is 4. The van der Waals surface area contributed by atoms with Gasteiger partial charge in [0.2, 0.25) is 15.9 Å². The van der Waals surface area contributed by atoms with E-state index in [-0.39, 0.29) is 23.4 Å². The average Bonchev–Trinajstić information content (AvgIpc) is 2.70. The lowest BCUT2D eigenvalue weighted by Crippen LogP contribution is -2.36. The number of amides is 1. The molecule has 1 unspecified atom stereocenters. The highest BCUT2D eigenvalue weighted by Crippen LogP contribution is 2.21. The van der Waals surface area contributed by atoms with E-state index in [2.05, 4.69) is 19.2 Å². The van der Waals surface area contributed by atoms with E-state index in [1.54, 1.807) is 13.8 Å². The van der Waals surface area contributed by atoms with Gasteiger partial charge in [-0.25, -0.2) is 8.42 Å². The summed E-state index contributed by atoms with van der Waals surface area (Å²) >= 11 is 0. The minimum absolute atomic E-state index is 0.000361. The smallest absolute Gasteiger partial charge is 0.251 e. The van der Waals surface area contributed by atoms with E-state index in [0.29, 0.717) is 19.0 Å². The number of pyridine rings is 1. The molecule has 0 saturated heterocycles. The first kappa shape index (κ1) is 23.8. The summed E-state index contributed by atoms with van der Waals surface area (Å²) in [6.45, 7) is 8.06. The largest absolute Gasteiger partial charge is 0.348 e. The summed E-state index contributed by atoms with van der Waals surface area (Å²) in [5.41, 5.74) is 0.563. The second-order valence-electron chi connectivity index (χ2n) is 7.58. The van der Waals surface area contributed by atoms with Crippen molar-refractivity contribution >= 4 is 15.9 Å². The molecule has 0 aliphatic rings. The molecular weight excluding hydrogens is 402 g/mol. The molecule has 2 aromatic rings. The molecule has 1 heterocycles. The van der Waals surface area contributed by atoms with Crippen LogP contribution in [-0.2, 0) is 21.4 Å². The normalized spacial score (nSPS) is 12.9.